The van der Waals surface area contributed by atoms with Crippen LogP contribution in [0.1, 0.15) is 0 Å². The van der Waals surface area contributed by atoms with Crippen LogP contribution in [0.2, 0.25) is 0 Å². The van der Waals surface area contributed by atoms with Crippen molar-refractivity contribution in [3.05, 3.63) is 0 Å². The molecule has 0 aliphatic rings. The van der Waals surface area contributed by atoms with E-state index in [1.54, 1.807) is 0 Å². The predicted molar refractivity (Wildman–Crippen MR) is 27.0 cm³/mol. The number of alkyl halides is 4. The quantitative estimate of drug-likeness (QED) is 0.394. The van der Waals surface area contributed by atoms with Crippen LogP contribution in [-0.2, 0) is 9.47 Å². The largest absolute Gasteiger partial charge is 0.428 e. The van der Waals surface area contributed by atoms with Crippen LogP contribution in [0.3, 0.4) is 0 Å². The highest BCUT2D eigenvalue weighted by Crippen LogP contribution is 2.18. The third kappa shape index (κ3) is 4.12. The molecule has 0 aromatic carbocycles. The van der Waals surface area contributed by atoms with Crippen LogP contribution in [0.15, 0.2) is 0 Å². The number of hydrogen-bond acceptors (Lipinski definition) is 3. The third-order valence-electron chi connectivity index (χ3n) is 0.804. The molecule has 3 nitrogen and oxygen atoms in total. The molecule has 0 saturated heterocycles. The molecule has 0 aliphatic heterocycles. The van der Waals surface area contributed by atoms with E-state index in [-0.39, 0.29) is 0 Å². The molecular formula is C4H7F4NO2. The number of halogens is 4. The van der Waals surface area contributed by atoms with Crippen molar-refractivity contribution >= 4 is 0 Å². The molecular weight excluding hydrogens is 170 g/mol. The minimum Gasteiger partial charge on any atom is -0.310 e. The lowest BCUT2D eigenvalue weighted by molar-refractivity contribution is -0.342. The van der Waals surface area contributed by atoms with Gasteiger partial charge in [0, 0.05) is 14.2 Å². The Labute approximate surface area is 60.3 Å². The average molecular weight is 177 g/mol. The second-order valence-corrected chi connectivity index (χ2v) is 1.57. The average Bonchev–Trinajstić information content (AvgIpc) is 1.86. The summed E-state index contributed by atoms with van der Waals surface area (Å²) in [6.45, 7) is 0. The highest BCUT2D eigenvalue weighted by molar-refractivity contribution is 4.52. The SMILES string of the molecule is COC(F)(F)NC(F)(F)OC. The molecule has 1 N–H and O–H groups in total. The lowest BCUT2D eigenvalue weighted by Gasteiger charge is -2.21. The summed E-state index contributed by atoms with van der Waals surface area (Å²) < 4.78 is 54.5. The first-order chi connectivity index (χ1) is 4.83. The van der Waals surface area contributed by atoms with E-state index in [9.17, 15) is 17.6 Å². The molecule has 0 saturated carbocycles. The Morgan fingerprint density at radius 1 is 0.909 bits per heavy atom. The van der Waals surface area contributed by atoms with Crippen LogP contribution in [0.25, 0.3) is 0 Å². The predicted octanol–water partition coefficient (Wildman–Crippen LogP) is 0.969. The molecule has 0 aromatic rings. The van der Waals surface area contributed by atoms with Gasteiger partial charge >= 0.3 is 12.5 Å². The highest BCUT2D eigenvalue weighted by Gasteiger charge is 2.42. The Hall–Kier alpha value is -0.400. The van der Waals surface area contributed by atoms with Gasteiger partial charge in [-0.15, -0.1) is 5.32 Å². The smallest absolute Gasteiger partial charge is 0.310 e. The number of hydrogen-bond donors (Lipinski definition) is 1. The molecule has 0 aliphatic carbocycles. The number of ether oxygens (including phenoxy) is 2. The van der Waals surface area contributed by atoms with Crippen molar-refractivity contribution in [3.8, 4) is 0 Å². The van der Waals surface area contributed by atoms with Crippen LogP contribution in [0, 0.1) is 0 Å². The maximum atomic E-state index is 11.9. The van der Waals surface area contributed by atoms with Gasteiger partial charge in [0.25, 0.3) is 0 Å². The molecule has 0 spiro atoms. The Bertz CT molecular complexity index is 115. The van der Waals surface area contributed by atoms with Crippen LogP contribution in [0.4, 0.5) is 17.6 Å². The van der Waals surface area contributed by atoms with Crippen LogP contribution in [-0.4, -0.2) is 26.7 Å². The van der Waals surface area contributed by atoms with Gasteiger partial charge in [0.2, 0.25) is 0 Å². The molecule has 0 unspecified atom stereocenters. The van der Waals surface area contributed by atoms with E-state index in [0.717, 1.165) is 0 Å². The summed E-state index contributed by atoms with van der Waals surface area (Å²) in [6, 6.07) is 0. The second-order valence-electron chi connectivity index (χ2n) is 1.57. The summed E-state index contributed by atoms with van der Waals surface area (Å²) in [4.78, 5) is 0. The normalized spacial score (nSPS) is 13.6. The zero-order valence-electron chi connectivity index (χ0n) is 5.83. The summed E-state index contributed by atoms with van der Waals surface area (Å²) in [5.74, 6) is 0. The first-order valence-corrected chi connectivity index (χ1v) is 2.48. The van der Waals surface area contributed by atoms with Gasteiger partial charge in [0.15, 0.2) is 0 Å². The van der Waals surface area contributed by atoms with Crippen molar-refractivity contribution in [1.82, 2.24) is 5.32 Å². The second kappa shape index (κ2) is 3.33. The van der Waals surface area contributed by atoms with Crippen LogP contribution in [0.5, 0.6) is 0 Å². The van der Waals surface area contributed by atoms with E-state index < -0.39 is 12.5 Å². The van der Waals surface area contributed by atoms with Gasteiger partial charge in [-0.2, -0.15) is 17.6 Å². The standard InChI is InChI=1S/C4H7F4NO2/c1-10-3(5,6)9-4(7,8)11-2/h9H,1-2H3. The molecule has 0 heterocycles. The zero-order chi connectivity index (χ0) is 9.12. The molecule has 0 atom stereocenters. The summed E-state index contributed by atoms with van der Waals surface area (Å²) in [5, 5.41) is 0.521. The molecule has 0 bridgehead atoms. The topological polar surface area (TPSA) is 30.5 Å². The summed E-state index contributed by atoms with van der Waals surface area (Å²) in [5.41, 5.74) is 0. The van der Waals surface area contributed by atoms with E-state index in [2.05, 4.69) is 9.47 Å². The summed E-state index contributed by atoms with van der Waals surface area (Å²) in [7, 11) is 1.16. The van der Waals surface area contributed by atoms with E-state index in [4.69, 9.17) is 0 Å². The van der Waals surface area contributed by atoms with E-state index >= 15 is 0 Å². The van der Waals surface area contributed by atoms with Crippen molar-refractivity contribution in [2.24, 2.45) is 0 Å². The number of rotatable bonds is 4. The molecule has 0 amide bonds. The maximum Gasteiger partial charge on any atom is 0.428 e. The van der Waals surface area contributed by atoms with Gasteiger partial charge in [-0.25, -0.2) is 0 Å². The Morgan fingerprint density at radius 2 is 1.18 bits per heavy atom. The Morgan fingerprint density at radius 3 is 1.36 bits per heavy atom. The monoisotopic (exact) mass is 177 g/mol. The maximum absolute atomic E-state index is 11.9. The fraction of sp³-hybridized carbons (Fsp3) is 1.00. The highest BCUT2D eigenvalue weighted by atomic mass is 19.3. The fourth-order valence-corrected chi connectivity index (χ4v) is 0.271. The lowest BCUT2D eigenvalue weighted by Crippen LogP contribution is -2.50. The van der Waals surface area contributed by atoms with Gasteiger partial charge in [0.05, 0.1) is 0 Å². The van der Waals surface area contributed by atoms with E-state index in [0.29, 0.717) is 19.5 Å². The molecule has 0 rings (SSSR count). The van der Waals surface area contributed by atoms with Crippen LogP contribution < -0.4 is 5.32 Å². The van der Waals surface area contributed by atoms with Gasteiger partial charge in [0.1, 0.15) is 0 Å². The first kappa shape index (κ1) is 10.6. The minimum absolute atomic E-state index is 0.521. The molecule has 68 valence electrons. The number of nitrogens with one attached hydrogen (secondary N) is 1. The van der Waals surface area contributed by atoms with Gasteiger partial charge in [-0.05, 0) is 0 Å². The lowest BCUT2D eigenvalue weighted by atomic mass is 10.9. The summed E-state index contributed by atoms with van der Waals surface area (Å²) >= 11 is 0. The van der Waals surface area contributed by atoms with Crippen molar-refractivity contribution < 1.29 is 27.0 Å². The van der Waals surface area contributed by atoms with E-state index in [1.165, 1.54) is 0 Å². The van der Waals surface area contributed by atoms with Crippen molar-refractivity contribution in [2.45, 2.75) is 12.5 Å². The summed E-state index contributed by atoms with van der Waals surface area (Å²) in [6.07, 6.45) is -8.20. The fourth-order valence-electron chi connectivity index (χ4n) is 0.271. The molecule has 0 fully saturated rings. The van der Waals surface area contributed by atoms with Gasteiger partial charge in [-0.1, -0.05) is 0 Å². The van der Waals surface area contributed by atoms with Crippen molar-refractivity contribution in [2.75, 3.05) is 14.2 Å². The zero-order valence-corrected chi connectivity index (χ0v) is 5.83. The Kier molecular flexibility index (Phi) is 3.21. The minimum atomic E-state index is -4.10. The van der Waals surface area contributed by atoms with E-state index in [1.807, 2.05) is 0 Å². The number of methoxy groups -OCH3 is 2. The Balaban J connectivity index is 4.02. The van der Waals surface area contributed by atoms with Crippen molar-refractivity contribution in [1.29, 1.82) is 0 Å². The third-order valence-corrected chi connectivity index (χ3v) is 0.804. The first-order valence-electron chi connectivity index (χ1n) is 2.48. The molecule has 0 radical (unpaired) electrons. The molecule has 7 heteroatoms. The van der Waals surface area contributed by atoms with Gasteiger partial charge in [-0.3, -0.25) is 0 Å². The molecule has 11 heavy (non-hydrogen) atoms. The van der Waals surface area contributed by atoms with Gasteiger partial charge < -0.3 is 9.47 Å². The van der Waals surface area contributed by atoms with Crippen LogP contribution >= 0.6 is 0 Å². The molecule has 0 aromatic heterocycles. The van der Waals surface area contributed by atoms with Crippen molar-refractivity contribution in [3.63, 3.8) is 0 Å².